The molecule has 0 bridgehead atoms. The van der Waals surface area contributed by atoms with E-state index in [0.717, 1.165) is 12.8 Å². The van der Waals surface area contributed by atoms with E-state index in [2.05, 4.69) is 5.32 Å². The Morgan fingerprint density at radius 2 is 1.37 bits per heavy atom. The topological polar surface area (TPSA) is 137 Å². The van der Waals surface area contributed by atoms with Crippen LogP contribution in [0.4, 0.5) is 4.79 Å². The smallest absolute Gasteiger partial charge is 0.477 e. The molecule has 1 aromatic carbocycles. The molecule has 10 heteroatoms. The second-order valence-corrected chi connectivity index (χ2v) is 11.3. The normalized spacial score (nSPS) is 15.7. The van der Waals surface area contributed by atoms with E-state index in [9.17, 15) is 24.3 Å². The van der Waals surface area contributed by atoms with Crippen molar-refractivity contribution in [3.05, 3.63) is 23.8 Å². The van der Waals surface area contributed by atoms with Crippen LogP contribution in [0.15, 0.2) is 18.2 Å². The van der Waals surface area contributed by atoms with Crippen molar-refractivity contribution < 1.29 is 43.2 Å². The first kappa shape index (κ1) is 35.9. The third-order valence-corrected chi connectivity index (χ3v) is 7.25. The van der Waals surface area contributed by atoms with Crippen molar-refractivity contribution in [3.8, 4) is 11.5 Å². The van der Waals surface area contributed by atoms with Gasteiger partial charge in [-0.2, -0.15) is 0 Å². The lowest BCUT2D eigenvalue weighted by molar-refractivity contribution is -0.168. The molecule has 1 rings (SSSR count). The minimum Gasteiger partial charge on any atom is -0.477 e. The van der Waals surface area contributed by atoms with Gasteiger partial charge >= 0.3 is 24.1 Å². The van der Waals surface area contributed by atoms with Crippen LogP contribution in [0.2, 0.25) is 0 Å². The zero-order valence-electron chi connectivity index (χ0n) is 26.1. The fourth-order valence-electron chi connectivity index (χ4n) is 3.55. The molecule has 0 aromatic heterocycles. The van der Waals surface area contributed by atoms with Crippen molar-refractivity contribution in [2.24, 2.45) is 17.8 Å². The fraction of sp³-hybridized carbons (Fsp3) is 0.677. The number of hydrogen-bond donors (Lipinski definition) is 2. The van der Waals surface area contributed by atoms with E-state index < -0.39 is 35.9 Å². The molecule has 0 radical (unpaired) electrons. The van der Waals surface area contributed by atoms with Gasteiger partial charge in [-0.15, -0.1) is 0 Å². The van der Waals surface area contributed by atoms with Crippen LogP contribution in [0.1, 0.15) is 100.0 Å². The van der Waals surface area contributed by atoms with Gasteiger partial charge in [0.1, 0.15) is 6.10 Å². The number of hydrogen-bond acceptors (Lipinski definition) is 9. The Kier molecular flexibility index (Phi) is 14.8. The number of carbonyl (C=O) groups excluding carboxylic acids is 3. The van der Waals surface area contributed by atoms with Gasteiger partial charge in [0.25, 0.3) is 5.72 Å². The zero-order valence-corrected chi connectivity index (χ0v) is 26.1. The van der Waals surface area contributed by atoms with Gasteiger partial charge in [0.05, 0.1) is 0 Å². The SMILES string of the molecule is CCC(C)CC(=O)Oc1ccc(C[C@](NC(C)CC)(OC(=O)OC(C)C(C)C)C(=O)O)cc1OC(=O)CC(C)CC. The summed E-state index contributed by atoms with van der Waals surface area (Å²) < 4.78 is 21.9. The molecule has 0 aliphatic carbocycles. The highest BCUT2D eigenvalue weighted by Crippen LogP contribution is 2.32. The molecule has 1 aromatic rings. The Hall–Kier alpha value is -3.14. The molecule has 0 saturated carbocycles. The number of carboxylic acids is 1. The van der Waals surface area contributed by atoms with Crippen molar-refractivity contribution >= 4 is 24.1 Å². The predicted octanol–water partition coefficient (Wildman–Crippen LogP) is 6.28. The lowest BCUT2D eigenvalue weighted by Gasteiger charge is -2.33. The Morgan fingerprint density at radius 1 is 0.829 bits per heavy atom. The number of carbonyl (C=O) groups is 4. The minimum atomic E-state index is -2.18. The maximum absolute atomic E-state index is 12.7. The minimum absolute atomic E-state index is 0.00691. The van der Waals surface area contributed by atoms with Crippen LogP contribution in [0.5, 0.6) is 11.5 Å². The van der Waals surface area contributed by atoms with E-state index in [1.807, 2.05) is 48.5 Å². The molecule has 0 heterocycles. The Bertz CT molecular complexity index is 1020. The number of nitrogens with one attached hydrogen (secondary N) is 1. The molecule has 232 valence electrons. The summed E-state index contributed by atoms with van der Waals surface area (Å²) in [7, 11) is 0. The lowest BCUT2D eigenvalue weighted by Crippen LogP contribution is -2.59. The van der Waals surface area contributed by atoms with Crippen molar-refractivity contribution in [2.75, 3.05) is 0 Å². The van der Waals surface area contributed by atoms with Crippen LogP contribution in [-0.2, 0) is 30.3 Å². The third-order valence-electron chi connectivity index (χ3n) is 7.25. The maximum atomic E-state index is 12.7. The van der Waals surface area contributed by atoms with E-state index in [0.29, 0.717) is 12.0 Å². The molecule has 0 aliphatic heterocycles. The monoisotopic (exact) mass is 579 g/mol. The van der Waals surface area contributed by atoms with Gasteiger partial charge in [0.15, 0.2) is 11.5 Å². The molecule has 0 saturated heterocycles. The summed E-state index contributed by atoms with van der Waals surface area (Å²) in [6, 6.07) is 4.08. The predicted molar refractivity (Wildman–Crippen MR) is 155 cm³/mol. The van der Waals surface area contributed by atoms with Gasteiger partial charge in [0, 0.05) is 25.3 Å². The van der Waals surface area contributed by atoms with Crippen molar-refractivity contribution in [3.63, 3.8) is 0 Å². The quantitative estimate of drug-likeness (QED) is 0.123. The summed E-state index contributed by atoms with van der Waals surface area (Å²) in [6.07, 6.45) is 0.511. The average Bonchev–Trinajstić information content (AvgIpc) is 2.89. The van der Waals surface area contributed by atoms with Crippen LogP contribution in [0.25, 0.3) is 0 Å². The molecule has 5 atom stereocenters. The van der Waals surface area contributed by atoms with E-state index >= 15 is 0 Å². The summed E-state index contributed by atoms with van der Waals surface area (Å²) in [4.78, 5) is 50.6. The number of esters is 2. The van der Waals surface area contributed by atoms with Gasteiger partial charge in [-0.1, -0.05) is 67.4 Å². The van der Waals surface area contributed by atoms with Crippen molar-refractivity contribution in [2.45, 2.75) is 119 Å². The van der Waals surface area contributed by atoms with Crippen LogP contribution in [-0.4, -0.2) is 47.0 Å². The highest BCUT2D eigenvalue weighted by molar-refractivity contribution is 5.81. The largest absolute Gasteiger partial charge is 0.510 e. The summed E-state index contributed by atoms with van der Waals surface area (Å²) in [5.41, 5.74) is -1.82. The van der Waals surface area contributed by atoms with Crippen LogP contribution in [0, 0.1) is 17.8 Å². The van der Waals surface area contributed by atoms with Crippen molar-refractivity contribution in [1.82, 2.24) is 5.32 Å². The Balaban J connectivity index is 3.47. The number of ether oxygens (including phenoxy) is 4. The summed E-state index contributed by atoms with van der Waals surface area (Å²) >= 11 is 0. The second kappa shape index (κ2) is 17.0. The first-order valence-corrected chi connectivity index (χ1v) is 14.6. The highest BCUT2D eigenvalue weighted by Gasteiger charge is 2.45. The highest BCUT2D eigenvalue weighted by atomic mass is 16.7. The van der Waals surface area contributed by atoms with Gasteiger partial charge < -0.3 is 24.1 Å². The fourth-order valence-corrected chi connectivity index (χ4v) is 3.55. The maximum Gasteiger partial charge on any atom is 0.510 e. The number of carboxylic acid groups (broad SMARTS) is 1. The van der Waals surface area contributed by atoms with Gasteiger partial charge in [-0.05, 0) is 55.7 Å². The number of benzene rings is 1. The second-order valence-electron chi connectivity index (χ2n) is 11.3. The first-order valence-electron chi connectivity index (χ1n) is 14.6. The average molecular weight is 580 g/mol. The Labute approximate surface area is 244 Å². The lowest BCUT2D eigenvalue weighted by atomic mass is 10.00. The standard InChI is InChI=1S/C31H49NO9/c1-10-20(6)15-27(33)39-25-14-13-24(17-26(25)40-28(34)16-21(7)11-2)18-31(29(35)36,32-22(8)12-3)41-30(37)38-23(9)19(4)5/h13-14,17,19-23,32H,10-12,15-16,18H2,1-9H3,(H,35,36)/t20?,21?,22?,23?,31-/m0/s1. The summed E-state index contributed by atoms with van der Waals surface area (Å²) in [5, 5.41) is 13.2. The van der Waals surface area contributed by atoms with E-state index in [-0.39, 0.29) is 54.6 Å². The molecule has 0 amide bonds. The van der Waals surface area contributed by atoms with Gasteiger partial charge in [-0.25, -0.2) is 9.59 Å². The van der Waals surface area contributed by atoms with E-state index in [4.69, 9.17) is 18.9 Å². The molecule has 4 unspecified atom stereocenters. The molecule has 0 aliphatic rings. The molecular weight excluding hydrogens is 530 g/mol. The van der Waals surface area contributed by atoms with Crippen LogP contribution in [0.3, 0.4) is 0 Å². The molecule has 2 N–H and O–H groups in total. The molecule has 41 heavy (non-hydrogen) atoms. The Morgan fingerprint density at radius 3 is 1.83 bits per heavy atom. The van der Waals surface area contributed by atoms with Crippen molar-refractivity contribution in [1.29, 1.82) is 0 Å². The number of aliphatic carboxylic acids is 1. The third kappa shape index (κ3) is 12.1. The van der Waals surface area contributed by atoms with E-state index in [1.54, 1.807) is 19.9 Å². The zero-order chi connectivity index (χ0) is 31.3. The van der Waals surface area contributed by atoms with Gasteiger partial charge in [0.2, 0.25) is 0 Å². The summed E-state index contributed by atoms with van der Waals surface area (Å²) in [6.45, 7) is 16.8. The van der Waals surface area contributed by atoms with Crippen LogP contribution >= 0.6 is 0 Å². The molecular formula is C31H49NO9. The van der Waals surface area contributed by atoms with E-state index in [1.165, 1.54) is 12.1 Å². The molecule has 0 fully saturated rings. The molecule has 0 spiro atoms. The number of rotatable bonds is 17. The van der Waals surface area contributed by atoms with Gasteiger partial charge in [-0.3, -0.25) is 14.9 Å². The summed E-state index contributed by atoms with van der Waals surface area (Å²) in [5.74, 6) is -2.21. The first-order chi connectivity index (χ1) is 19.2. The molecule has 10 nitrogen and oxygen atoms in total. The van der Waals surface area contributed by atoms with Crippen LogP contribution < -0.4 is 14.8 Å².